The van der Waals surface area contributed by atoms with Gasteiger partial charge < -0.3 is 5.32 Å². The second kappa shape index (κ2) is 5.49. The molecule has 3 aromatic rings. The molecule has 0 fully saturated rings. The predicted molar refractivity (Wildman–Crippen MR) is 75.6 cm³/mol. The van der Waals surface area contributed by atoms with Crippen molar-refractivity contribution in [3.63, 3.8) is 0 Å². The third-order valence-electron chi connectivity index (χ3n) is 3.00. The summed E-state index contributed by atoms with van der Waals surface area (Å²) in [5, 5.41) is 2.90. The Kier molecular flexibility index (Phi) is 3.53. The van der Waals surface area contributed by atoms with Gasteiger partial charge in [0, 0.05) is 12.4 Å². The SMILES string of the molecule is O=C(NCc1cnc2cnccn12)c1cc(F)ccc1Cl. The maximum absolute atomic E-state index is 13.2. The minimum atomic E-state index is -0.509. The molecule has 21 heavy (non-hydrogen) atoms. The molecule has 5 nitrogen and oxygen atoms in total. The van der Waals surface area contributed by atoms with E-state index in [4.69, 9.17) is 11.6 Å². The number of nitrogens with zero attached hydrogens (tertiary/aromatic N) is 3. The number of carbonyl (C=O) groups excluding carboxylic acids is 1. The van der Waals surface area contributed by atoms with Gasteiger partial charge in [-0.15, -0.1) is 0 Å². The van der Waals surface area contributed by atoms with Crippen LogP contribution in [0.4, 0.5) is 4.39 Å². The molecular weight excluding hydrogens is 295 g/mol. The van der Waals surface area contributed by atoms with Gasteiger partial charge in [-0.25, -0.2) is 9.37 Å². The zero-order valence-electron chi connectivity index (χ0n) is 10.8. The molecule has 1 N–H and O–H groups in total. The summed E-state index contributed by atoms with van der Waals surface area (Å²) in [7, 11) is 0. The Labute approximate surface area is 124 Å². The van der Waals surface area contributed by atoms with Crippen molar-refractivity contribution in [3.8, 4) is 0 Å². The minimum Gasteiger partial charge on any atom is -0.346 e. The number of nitrogens with one attached hydrogen (secondary N) is 1. The van der Waals surface area contributed by atoms with Crippen molar-refractivity contribution in [1.82, 2.24) is 19.7 Å². The highest BCUT2D eigenvalue weighted by Gasteiger charge is 2.12. The number of amides is 1. The Balaban J connectivity index is 1.78. The summed E-state index contributed by atoms with van der Waals surface area (Å²) < 4.78 is 15.0. The molecule has 0 bridgehead atoms. The van der Waals surface area contributed by atoms with E-state index in [9.17, 15) is 9.18 Å². The number of hydrogen-bond acceptors (Lipinski definition) is 3. The lowest BCUT2D eigenvalue weighted by Gasteiger charge is -2.07. The van der Waals surface area contributed by atoms with Crippen LogP contribution in [0.2, 0.25) is 5.02 Å². The fraction of sp³-hybridized carbons (Fsp3) is 0.0714. The molecule has 0 unspecified atom stereocenters. The molecule has 0 aliphatic rings. The fourth-order valence-electron chi connectivity index (χ4n) is 1.96. The zero-order valence-corrected chi connectivity index (χ0v) is 11.5. The predicted octanol–water partition coefficient (Wildman–Crippen LogP) is 2.45. The van der Waals surface area contributed by atoms with Gasteiger partial charge in [0.15, 0.2) is 5.65 Å². The van der Waals surface area contributed by atoms with Gasteiger partial charge in [-0.05, 0) is 18.2 Å². The number of carbonyl (C=O) groups is 1. The van der Waals surface area contributed by atoms with Crippen LogP contribution in [0, 0.1) is 5.82 Å². The molecule has 3 rings (SSSR count). The number of halogens is 2. The van der Waals surface area contributed by atoms with Crippen molar-refractivity contribution < 1.29 is 9.18 Å². The summed E-state index contributed by atoms with van der Waals surface area (Å²) in [6.45, 7) is 0.247. The highest BCUT2D eigenvalue weighted by Crippen LogP contribution is 2.17. The Morgan fingerprint density at radius 2 is 2.24 bits per heavy atom. The molecule has 0 aliphatic heterocycles. The van der Waals surface area contributed by atoms with Gasteiger partial charge in [0.2, 0.25) is 0 Å². The van der Waals surface area contributed by atoms with Crippen molar-refractivity contribution in [2.24, 2.45) is 0 Å². The second-order valence-corrected chi connectivity index (χ2v) is 4.77. The molecule has 1 aromatic carbocycles. The van der Waals surface area contributed by atoms with Crippen molar-refractivity contribution in [3.05, 3.63) is 65.1 Å². The van der Waals surface area contributed by atoms with E-state index in [-0.39, 0.29) is 17.1 Å². The lowest BCUT2D eigenvalue weighted by molar-refractivity contribution is 0.0950. The average Bonchev–Trinajstić information content (AvgIpc) is 2.90. The van der Waals surface area contributed by atoms with Crippen LogP contribution in [0.1, 0.15) is 16.1 Å². The third kappa shape index (κ3) is 2.71. The molecule has 0 saturated carbocycles. The first-order valence-corrected chi connectivity index (χ1v) is 6.52. The van der Waals surface area contributed by atoms with Gasteiger partial charge in [-0.2, -0.15) is 0 Å². The first-order chi connectivity index (χ1) is 10.1. The van der Waals surface area contributed by atoms with Crippen LogP contribution in [-0.2, 0) is 6.54 Å². The van der Waals surface area contributed by atoms with Gasteiger partial charge >= 0.3 is 0 Å². The molecule has 1 amide bonds. The van der Waals surface area contributed by atoms with Crippen LogP contribution in [0.25, 0.3) is 5.65 Å². The number of benzene rings is 1. The zero-order chi connectivity index (χ0) is 14.8. The van der Waals surface area contributed by atoms with Gasteiger partial charge in [0.25, 0.3) is 5.91 Å². The maximum Gasteiger partial charge on any atom is 0.253 e. The maximum atomic E-state index is 13.2. The number of rotatable bonds is 3. The van der Waals surface area contributed by atoms with E-state index in [1.54, 1.807) is 29.2 Å². The fourth-order valence-corrected chi connectivity index (χ4v) is 2.17. The number of hydrogen-bond donors (Lipinski definition) is 1. The lowest BCUT2D eigenvalue weighted by atomic mass is 10.2. The summed E-state index contributed by atoms with van der Waals surface area (Å²) >= 11 is 5.89. The molecule has 7 heteroatoms. The molecule has 0 saturated heterocycles. The van der Waals surface area contributed by atoms with E-state index in [1.165, 1.54) is 12.1 Å². The van der Waals surface area contributed by atoms with E-state index in [2.05, 4.69) is 15.3 Å². The Hall–Kier alpha value is -2.47. The normalized spacial score (nSPS) is 10.8. The summed E-state index contributed by atoms with van der Waals surface area (Å²) in [6, 6.07) is 3.67. The summed E-state index contributed by atoms with van der Waals surface area (Å²) in [5.74, 6) is -0.950. The van der Waals surface area contributed by atoms with Crippen LogP contribution in [0.15, 0.2) is 43.0 Å². The molecule has 2 aromatic heterocycles. The quantitative estimate of drug-likeness (QED) is 0.808. The van der Waals surface area contributed by atoms with E-state index in [0.717, 1.165) is 11.8 Å². The summed E-state index contributed by atoms with van der Waals surface area (Å²) in [4.78, 5) is 20.2. The van der Waals surface area contributed by atoms with Crippen LogP contribution < -0.4 is 5.32 Å². The van der Waals surface area contributed by atoms with Crippen LogP contribution in [0.5, 0.6) is 0 Å². The highest BCUT2D eigenvalue weighted by atomic mass is 35.5. The topological polar surface area (TPSA) is 59.3 Å². The smallest absolute Gasteiger partial charge is 0.253 e. The Morgan fingerprint density at radius 1 is 1.38 bits per heavy atom. The Bertz CT molecular complexity index is 818. The molecule has 0 spiro atoms. The summed E-state index contributed by atoms with van der Waals surface area (Å²) in [5.41, 5.74) is 1.57. The standard InChI is InChI=1S/C14H10ClFN4O/c15-12-2-1-9(16)5-11(12)14(21)19-7-10-6-18-13-8-17-3-4-20(10)13/h1-6,8H,7H2,(H,19,21). The number of aromatic nitrogens is 3. The molecule has 0 radical (unpaired) electrons. The van der Waals surface area contributed by atoms with E-state index in [0.29, 0.717) is 5.65 Å². The van der Waals surface area contributed by atoms with Gasteiger partial charge in [0.05, 0.1) is 35.2 Å². The summed E-state index contributed by atoms with van der Waals surface area (Å²) in [6.07, 6.45) is 6.64. The van der Waals surface area contributed by atoms with Crippen LogP contribution in [-0.4, -0.2) is 20.3 Å². The van der Waals surface area contributed by atoms with Crippen LogP contribution in [0.3, 0.4) is 0 Å². The van der Waals surface area contributed by atoms with Crippen molar-refractivity contribution in [2.45, 2.75) is 6.54 Å². The lowest BCUT2D eigenvalue weighted by Crippen LogP contribution is -2.24. The number of fused-ring (bicyclic) bond motifs is 1. The molecule has 0 atom stereocenters. The van der Waals surface area contributed by atoms with E-state index in [1.807, 2.05) is 0 Å². The van der Waals surface area contributed by atoms with Gasteiger partial charge in [-0.1, -0.05) is 11.6 Å². The second-order valence-electron chi connectivity index (χ2n) is 4.36. The van der Waals surface area contributed by atoms with Gasteiger partial charge in [-0.3, -0.25) is 14.2 Å². The molecule has 106 valence electrons. The molecular formula is C14H10ClFN4O. The van der Waals surface area contributed by atoms with Crippen molar-refractivity contribution >= 4 is 23.2 Å². The number of imidazole rings is 1. The first kappa shape index (κ1) is 13.5. The average molecular weight is 305 g/mol. The monoisotopic (exact) mass is 304 g/mol. The highest BCUT2D eigenvalue weighted by molar-refractivity contribution is 6.33. The van der Waals surface area contributed by atoms with Crippen LogP contribution >= 0.6 is 11.6 Å². The minimum absolute atomic E-state index is 0.104. The molecule has 0 aliphatic carbocycles. The Morgan fingerprint density at radius 3 is 3.10 bits per heavy atom. The molecule has 2 heterocycles. The van der Waals surface area contributed by atoms with Crippen molar-refractivity contribution in [1.29, 1.82) is 0 Å². The van der Waals surface area contributed by atoms with E-state index < -0.39 is 11.7 Å². The van der Waals surface area contributed by atoms with E-state index >= 15 is 0 Å². The van der Waals surface area contributed by atoms with Crippen molar-refractivity contribution in [2.75, 3.05) is 0 Å². The first-order valence-electron chi connectivity index (χ1n) is 6.14. The third-order valence-corrected chi connectivity index (χ3v) is 3.33. The largest absolute Gasteiger partial charge is 0.346 e. The van der Waals surface area contributed by atoms with Gasteiger partial charge in [0.1, 0.15) is 5.82 Å².